The number of halogens is 2. The van der Waals surface area contributed by atoms with E-state index in [1.807, 2.05) is 6.92 Å². The molecule has 1 saturated heterocycles. The number of carbonyl (C=O) groups is 2. The number of aryl methyl sites for hydroxylation is 1. The Morgan fingerprint density at radius 1 is 1.14 bits per heavy atom. The number of nitrogens with zero attached hydrogens (tertiary/aromatic N) is 1. The van der Waals surface area contributed by atoms with Crippen molar-refractivity contribution in [3.05, 3.63) is 65.7 Å². The van der Waals surface area contributed by atoms with Crippen LogP contribution in [-0.4, -0.2) is 46.4 Å². The van der Waals surface area contributed by atoms with Crippen LogP contribution in [0, 0.1) is 6.92 Å². The van der Waals surface area contributed by atoms with Crippen molar-refractivity contribution in [1.29, 1.82) is 0 Å². The lowest BCUT2D eigenvalue weighted by Crippen LogP contribution is -2.30. The molecule has 0 bridgehead atoms. The van der Waals surface area contributed by atoms with Gasteiger partial charge in [0.25, 0.3) is 0 Å². The number of benzene rings is 2. The second-order valence-electron chi connectivity index (χ2n) is 6.58. The average Bonchev–Trinajstić information content (AvgIpc) is 3.36. The van der Waals surface area contributed by atoms with E-state index in [0.29, 0.717) is 5.56 Å². The fourth-order valence-corrected chi connectivity index (χ4v) is 7.66. The molecule has 1 unspecified atom stereocenters. The van der Waals surface area contributed by atoms with Gasteiger partial charge in [0.05, 0.1) is 17.5 Å². The number of hydrogen-bond donors (Lipinski definition) is 0. The van der Waals surface area contributed by atoms with Gasteiger partial charge in [0.15, 0.2) is 10.2 Å². The minimum Gasteiger partial charge on any atom is -0.465 e. The number of ether oxygens (including phenoxy) is 1. The zero-order chi connectivity index (χ0) is 21.4. The van der Waals surface area contributed by atoms with Crippen LogP contribution in [0.4, 0.5) is 0 Å². The van der Waals surface area contributed by atoms with Crippen LogP contribution in [0.2, 0.25) is 0 Å². The van der Waals surface area contributed by atoms with Gasteiger partial charge in [-0.2, -0.15) is 4.31 Å². The second-order valence-corrected chi connectivity index (χ2v) is 10.6. The molecule has 2 aromatic carbocycles. The van der Waals surface area contributed by atoms with Crippen molar-refractivity contribution in [2.24, 2.45) is 0 Å². The van der Waals surface area contributed by atoms with Crippen LogP contribution >= 0.6 is 31.9 Å². The van der Waals surface area contributed by atoms with Gasteiger partial charge < -0.3 is 4.74 Å². The summed E-state index contributed by atoms with van der Waals surface area (Å²) in [7, 11) is -4.06. The van der Waals surface area contributed by atoms with Gasteiger partial charge in [-0.05, 0) is 26.0 Å². The third-order valence-electron chi connectivity index (χ3n) is 4.62. The predicted molar refractivity (Wildman–Crippen MR) is 116 cm³/mol. The molecule has 4 atom stereocenters. The Kier molecular flexibility index (Phi) is 6.33. The van der Waals surface area contributed by atoms with Gasteiger partial charge in [-0.25, -0.2) is 8.42 Å². The van der Waals surface area contributed by atoms with Crippen molar-refractivity contribution >= 4 is 53.6 Å². The fourth-order valence-electron chi connectivity index (χ4n) is 3.10. The number of carbonyl (C=O) groups excluding carboxylic acids is 2. The van der Waals surface area contributed by atoms with Gasteiger partial charge in [-0.15, -0.1) is 0 Å². The van der Waals surface area contributed by atoms with Crippen molar-refractivity contribution in [2.75, 3.05) is 6.61 Å². The molecular weight excluding hydrogens is 526 g/mol. The molecule has 0 saturated carbocycles. The number of alkyl halides is 2. The van der Waals surface area contributed by atoms with E-state index in [1.165, 1.54) is 12.1 Å². The highest BCUT2D eigenvalue weighted by Crippen LogP contribution is 2.55. The van der Waals surface area contributed by atoms with E-state index in [2.05, 4.69) is 31.9 Å². The maximum atomic E-state index is 13.3. The molecule has 3 rings (SSSR count). The maximum absolute atomic E-state index is 13.3. The first-order valence-corrected chi connectivity index (χ1v) is 12.0. The summed E-state index contributed by atoms with van der Waals surface area (Å²) in [6.45, 7) is 3.64. The van der Waals surface area contributed by atoms with E-state index < -0.39 is 37.1 Å². The topological polar surface area (TPSA) is 80.5 Å². The molecule has 2 aromatic rings. The van der Waals surface area contributed by atoms with Gasteiger partial charge in [0.2, 0.25) is 10.0 Å². The Morgan fingerprint density at radius 3 is 2.28 bits per heavy atom. The normalized spacial score (nSPS) is 24.6. The van der Waals surface area contributed by atoms with Crippen molar-refractivity contribution in [3.63, 3.8) is 0 Å². The number of rotatable bonds is 7. The van der Waals surface area contributed by atoms with Gasteiger partial charge in [-0.1, -0.05) is 79.9 Å². The summed E-state index contributed by atoms with van der Waals surface area (Å²) >= 11 is 6.59. The van der Waals surface area contributed by atoms with Crippen LogP contribution in [0.15, 0.2) is 59.5 Å². The lowest BCUT2D eigenvalue weighted by molar-refractivity contribution is -0.142. The van der Waals surface area contributed by atoms with Crippen LogP contribution < -0.4 is 0 Å². The van der Waals surface area contributed by atoms with Gasteiger partial charge in [0.1, 0.15) is 4.83 Å². The highest BCUT2D eigenvalue weighted by atomic mass is 79.9. The van der Waals surface area contributed by atoms with Gasteiger partial charge in [-0.3, -0.25) is 9.59 Å². The molecule has 0 aromatic heterocycles. The summed E-state index contributed by atoms with van der Waals surface area (Å²) in [5.74, 6) is -1.09. The van der Waals surface area contributed by atoms with Crippen molar-refractivity contribution in [3.8, 4) is 0 Å². The van der Waals surface area contributed by atoms with E-state index in [1.54, 1.807) is 49.4 Å². The molecule has 1 aliphatic heterocycles. The van der Waals surface area contributed by atoms with Gasteiger partial charge in [0, 0.05) is 5.56 Å². The zero-order valence-electron chi connectivity index (χ0n) is 15.7. The molecule has 9 heteroatoms. The maximum Gasteiger partial charge on any atom is 0.321 e. The summed E-state index contributed by atoms with van der Waals surface area (Å²) < 4.78 is 31.1. The number of sulfonamides is 1. The second kappa shape index (κ2) is 8.29. The summed E-state index contributed by atoms with van der Waals surface area (Å²) in [6, 6.07) is 13.7. The number of ketones is 1. The lowest BCUT2D eigenvalue weighted by atomic mass is 10.1. The van der Waals surface area contributed by atoms with Crippen LogP contribution in [-0.2, 0) is 19.6 Å². The van der Waals surface area contributed by atoms with Crippen LogP contribution in [0.3, 0.4) is 0 Å². The monoisotopic (exact) mass is 543 g/mol. The average molecular weight is 545 g/mol. The summed E-state index contributed by atoms with van der Waals surface area (Å²) in [4.78, 5) is 24.6. The molecule has 1 aliphatic rings. The minimum atomic E-state index is -4.06. The van der Waals surface area contributed by atoms with E-state index in [0.717, 1.165) is 9.87 Å². The first kappa shape index (κ1) is 22.1. The molecule has 29 heavy (non-hydrogen) atoms. The molecule has 0 N–H and O–H groups in total. The standard InChI is InChI=1S/C20H19Br2NO5S/c1-3-28-19(25)16(21)17-20(22,18(24)14-7-5-4-6-8-14)23(17)29(26,27)15-11-9-13(2)10-12-15/h4-12,16-17H,3H2,1-2H3/t16-,17-,20+,23?/m0/s1. The molecule has 0 amide bonds. The molecule has 6 nitrogen and oxygen atoms in total. The largest absolute Gasteiger partial charge is 0.465 e. The zero-order valence-corrected chi connectivity index (χ0v) is 19.7. The third kappa shape index (κ3) is 3.93. The quantitative estimate of drug-likeness (QED) is 0.175. The van der Waals surface area contributed by atoms with Gasteiger partial charge >= 0.3 is 5.97 Å². The first-order chi connectivity index (χ1) is 13.7. The number of hydrogen-bond acceptors (Lipinski definition) is 5. The highest BCUT2D eigenvalue weighted by molar-refractivity contribution is 9.11. The highest BCUT2D eigenvalue weighted by Gasteiger charge is 2.75. The Morgan fingerprint density at radius 2 is 1.72 bits per heavy atom. The van der Waals surface area contributed by atoms with E-state index in [4.69, 9.17) is 4.74 Å². The van der Waals surface area contributed by atoms with Crippen molar-refractivity contribution < 1.29 is 22.7 Å². The third-order valence-corrected chi connectivity index (χ3v) is 8.84. The first-order valence-electron chi connectivity index (χ1n) is 8.86. The Hall–Kier alpha value is -1.55. The Balaban J connectivity index is 2.05. The van der Waals surface area contributed by atoms with E-state index in [9.17, 15) is 18.0 Å². The molecule has 0 aliphatic carbocycles. The molecule has 1 fully saturated rings. The van der Waals surface area contributed by atoms with Crippen LogP contribution in [0.25, 0.3) is 0 Å². The molecule has 154 valence electrons. The summed E-state index contributed by atoms with van der Waals surface area (Å²) in [5.41, 5.74) is 1.24. The fraction of sp³-hybridized carbons (Fsp3) is 0.300. The SMILES string of the molecule is CCOC(=O)[C@@H](Br)[C@@H]1N(S(=O)(=O)c2ccc(C)cc2)[C@@]1(Br)C(=O)c1ccccc1. The van der Waals surface area contributed by atoms with E-state index >= 15 is 0 Å². The van der Waals surface area contributed by atoms with Crippen LogP contribution in [0.5, 0.6) is 0 Å². The molecule has 0 spiro atoms. The molecule has 1 heterocycles. The predicted octanol–water partition coefficient (Wildman–Crippen LogP) is 3.67. The Bertz CT molecular complexity index is 1030. The molecule has 0 radical (unpaired) electrons. The number of esters is 1. The smallest absolute Gasteiger partial charge is 0.321 e. The summed E-state index contributed by atoms with van der Waals surface area (Å²) in [5, 5.41) is 0. The van der Waals surface area contributed by atoms with E-state index in [-0.39, 0.29) is 11.5 Å². The van der Waals surface area contributed by atoms with Crippen molar-refractivity contribution in [2.45, 2.75) is 34.1 Å². The van der Waals surface area contributed by atoms with Crippen LogP contribution in [0.1, 0.15) is 22.8 Å². The molecular formula is C20H19Br2NO5S. The minimum absolute atomic E-state index is 0.0406. The Labute approximate surface area is 186 Å². The van der Waals surface area contributed by atoms with Crippen molar-refractivity contribution in [1.82, 2.24) is 4.31 Å². The number of Topliss-reactive ketones (excluding diaryl/α,β-unsaturated/α-hetero) is 1. The summed E-state index contributed by atoms with van der Waals surface area (Å²) in [6.07, 6.45) is 0. The lowest BCUT2D eigenvalue weighted by Gasteiger charge is -2.11.